The number of aromatic nitrogens is 4. The van der Waals surface area contributed by atoms with Gasteiger partial charge in [-0.1, -0.05) is 12.1 Å². The van der Waals surface area contributed by atoms with Gasteiger partial charge in [-0.3, -0.25) is 9.48 Å². The van der Waals surface area contributed by atoms with Gasteiger partial charge in [-0.2, -0.15) is 5.10 Å². The van der Waals surface area contributed by atoms with Crippen LogP contribution in [0.15, 0.2) is 49.1 Å². The number of aryl methyl sites for hydroxylation is 2. The minimum atomic E-state index is -0.556. The molecule has 2 N–H and O–H groups in total. The van der Waals surface area contributed by atoms with Crippen LogP contribution in [0.3, 0.4) is 0 Å². The van der Waals surface area contributed by atoms with Crippen LogP contribution in [0.5, 0.6) is 0 Å². The van der Waals surface area contributed by atoms with Crippen molar-refractivity contribution in [2.24, 2.45) is 12.8 Å². The van der Waals surface area contributed by atoms with Gasteiger partial charge in [-0.05, 0) is 35.7 Å². The summed E-state index contributed by atoms with van der Waals surface area (Å²) in [4.78, 5) is 16.0. The van der Waals surface area contributed by atoms with E-state index in [0.29, 0.717) is 23.2 Å². The first-order chi connectivity index (χ1) is 12.9. The first-order valence-electron chi connectivity index (χ1n) is 8.47. The highest BCUT2D eigenvalue weighted by Gasteiger charge is 2.16. The summed E-state index contributed by atoms with van der Waals surface area (Å²) in [6, 6.07) is 6.84. The number of imidazole rings is 1. The summed E-state index contributed by atoms with van der Waals surface area (Å²) < 4.78 is 18.2. The molecule has 0 radical (unpaired) electrons. The zero-order chi connectivity index (χ0) is 19.1. The van der Waals surface area contributed by atoms with E-state index in [4.69, 9.17) is 5.73 Å². The molecule has 0 saturated carbocycles. The molecule has 0 bridgehead atoms. The second-order valence-electron chi connectivity index (χ2n) is 6.54. The van der Waals surface area contributed by atoms with Crippen molar-refractivity contribution < 1.29 is 9.18 Å². The summed E-state index contributed by atoms with van der Waals surface area (Å²) in [6.45, 7) is 1.91. The molecular formula is C20H18FN5O. The summed E-state index contributed by atoms with van der Waals surface area (Å²) in [7, 11) is 1.82. The second-order valence-corrected chi connectivity index (χ2v) is 6.54. The molecule has 7 heteroatoms. The first kappa shape index (κ1) is 17.0. The average Bonchev–Trinajstić information content (AvgIpc) is 3.28. The topological polar surface area (TPSA) is 78.2 Å². The Morgan fingerprint density at radius 1 is 1.22 bits per heavy atom. The summed E-state index contributed by atoms with van der Waals surface area (Å²) in [5.74, 6) is -0.859. The van der Waals surface area contributed by atoms with Crippen LogP contribution in [0, 0.1) is 12.7 Å². The van der Waals surface area contributed by atoms with E-state index in [-0.39, 0.29) is 5.82 Å². The third kappa shape index (κ3) is 2.97. The quantitative estimate of drug-likeness (QED) is 0.606. The van der Waals surface area contributed by atoms with E-state index in [2.05, 4.69) is 10.1 Å². The Balaban J connectivity index is 1.74. The fraction of sp³-hybridized carbons (Fsp3) is 0.150. The zero-order valence-corrected chi connectivity index (χ0v) is 15.0. The van der Waals surface area contributed by atoms with Crippen LogP contribution in [0.4, 0.5) is 4.39 Å². The molecular weight excluding hydrogens is 345 g/mol. The Kier molecular flexibility index (Phi) is 3.99. The number of benzene rings is 1. The number of hydrogen-bond acceptors (Lipinski definition) is 3. The molecule has 0 aliphatic rings. The molecule has 0 aliphatic carbocycles. The molecule has 3 heterocycles. The fourth-order valence-corrected chi connectivity index (χ4v) is 3.28. The van der Waals surface area contributed by atoms with Gasteiger partial charge in [0.2, 0.25) is 0 Å². The maximum Gasteiger partial charge on any atom is 0.252 e. The van der Waals surface area contributed by atoms with Gasteiger partial charge in [0.15, 0.2) is 0 Å². The number of pyridine rings is 1. The summed E-state index contributed by atoms with van der Waals surface area (Å²) >= 11 is 0. The van der Waals surface area contributed by atoms with Crippen LogP contribution >= 0.6 is 0 Å². The van der Waals surface area contributed by atoms with Crippen molar-refractivity contribution in [2.75, 3.05) is 0 Å². The maximum atomic E-state index is 14.7. The summed E-state index contributed by atoms with van der Waals surface area (Å²) in [6.07, 6.45) is 7.26. The van der Waals surface area contributed by atoms with Gasteiger partial charge in [0.25, 0.3) is 5.91 Å². The van der Waals surface area contributed by atoms with Crippen LogP contribution in [0.2, 0.25) is 0 Å². The number of rotatable bonds is 4. The van der Waals surface area contributed by atoms with Gasteiger partial charge in [0, 0.05) is 43.3 Å². The maximum absolute atomic E-state index is 14.7. The molecule has 27 heavy (non-hydrogen) atoms. The minimum absolute atomic E-state index is 0.304. The third-order valence-electron chi connectivity index (χ3n) is 4.76. The average molecular weight is 363 g/mol. The normalized spacial score (nSPS) is 11.2. The number of carbonyl (C=O) groups is 1. The number of carbonyl (C=O) groups excluding carboxylic acids is 1. The number of primary amides is 1. The summed E-state index contributed by atoms with van der Waals surface area (Å²) in [5.41, 5.74) is 10.2. The first-order valence-corrected chi connectivity index (χ1v) is 8.47. The highest BCUT2D eigenvalue weighted by molar-refractivity contribution is 5.99. The molecule has 136 valence electrons. The van der Waals surface area contributed by atoms with E-state index in [1.165, 1.54) is 6.07 Å². The molecule has 4 rings (SSSR count). The number of hydrogen-bond donors (Lipinski definition) is 1. The van der Waals surface area contributed by atoms with Crippen molar-refractivity contribution >= 4 is 11.6 Å². The molecule has 0 unspecified atom stereocenters. The smallest absolute Gasteiger partial charge is 0.252 e. The Bertz CT molecular complexity index is 1170. The zero-order valence-electron chi connectivity index (χ0n) is 15.0. The van der Waals surface area contributed by atoms with Gasteiger partial charge in [-0.15, -0.1) is 0 Å². The lowest BCUT2D eigenvalue weighted by Crippen LogP contribution is -2.15. The lowest BCUT2D eigenvalue weighted by atomic mass is 9.99. The van der Waals surface area contributed by atoms with Crippen LogP contribution in [0.1, 0.15) is 27.2 Å². The van der Waals surface area contributed by atoms with Crippen molar-refractivity contribution in [1.82, 2.24) is 19.2 Å². The van der Waals surface area contributed by atoms with Crippen molar-refractivity contribution in [3.63, 3.8) is 0 Å². The molecule has 6 nitrogen and oxygen atoms in total. The Morgan fingerprint density at radius 2 is 2.04 bits per heavy atom. The number of nitrogens with two attached hydrogens (primary N) is 1. The minimum Gasteiger partial charge on any atom is -0.365 e. The van der Waals surface area contributed by atoms with Crippen LogP contribution in [-0.4, -0.2) is 25.1 Å². The predicted molar refractivity (Wildman–Crippen MR) is 99.9 cm³/mol. The predicted octanol–water partition coefficient (Wildman–Crippen LogP) is 2.87. The molecule has 3 aromatic heterocycles. The van der Waals surface area contributed by atoms with E-state index < -0.39 is 5.91 Å². The standard InChI is InChI=1S/C20H18FN5O/c1-12-15(8-17(19(22)27)20-23-5-6-26(12)20)7-14-4-3-13(9-18(14)21)16-10-24-25(2)11-16/h3-6,8-11H,7H2,1-2H3,(H2,22,27). The largest absolute Gasteiger partial charge is 0.365 e. The van der Waals surface area contributed by atoms with E-state index in [1.807, 2.05) is 26.2 Å². The Labute approximate surface area is 155 Å². The highest BCUT2D eigenvalue weighted by atomic mass is 19.1. The number of halogens is 1. The number of amides is 1. The van der Waals surface area contributed by atoms with Gasteiger partial charge >= 0.3 is 0 Å². The summed E-state index contributed by atoms with van der Waals surface area (Å²) in [5, 5.41) is 4.12. The third-order valence-corrected chi connectivity index (χ3v) is 4.76. The van der Waals surface area contributed by atoms with Gasteiger partial charge in [0.05, 0.1) is 11.8 Å². The molecule has 1 amide bonds. The molecule has 0 saturated heterocycles. The van der Waals surface area contributed by atoms with E-state index in [0.717, 1.165) is 22.4 Å². The molecule has 0 spiro atoms. The Hall–Kier alpha value is -3.48. The van der Waals surface area contributed by atoms with E-state index in [9.17, 15) is 9.18 Å². The highest BCUT2D eigenvalue weighted by Crippen LogP contribution is 2.25. The number of nitrogens with zero attached hydrogens (tertiary/aromatic N) is 4. The monoisotopic (exact) mass is 363 g/mol. The molecule has 1 aromatic carbocycles. The van der Waals surface area contributed by atoms with Crippen molar-refractivity contribution in [3.8, 4) is 11.1 Å². The van der Waals surface area contributed by atoms with Crippen LogP contribution < -0.4 is 5.73 Å². The Morgan fingerprint density at radius 3 is 2.70 bits per heavy atom. The van der Waals surface area contributed by atoms with Gasteiger partial charge < -0.3 is 10.1 Å². The van der Waals surface area contributed by atoms with Crippen molar-refractivity contribution in [3.05, 3.63) is 77.3 Å². The van der Waals surface area contributed by atoms with Gasteiger partial charge in [0.1, 0.15) is 11.5 Å². The SMILES string of the molecule is Cc1c(Cc2ccc(-c3cnn(C)c3)cc2F)cc(C(N)=O)c2nccn12. The van der Waals surface area contributed by atoms with Crippen LogP contribution in [-0.2, 0) is 13.5 Å². The lowest BCUT2D eigenvalue weighted by Gasteiger charge is -2.12. The van der Waals surface area contributed by atoms with E-state index in [1.54, 1.807) is 39.8 Å². The lowest BCUT2D eigenvalue weighted by molar-refractivity contribution is 0.100. The van der Waals surface area contributed by atoms with E-state index >= 15 is 0 Å². The fourth-order valence-electron chi connectivity index (χ4n) is 3.28. The van der Waals surface area contributed by atoms with Crippen molar-refractivity contribution in [1.29, 1.82) is 0 Å². The molecule has 0 atom stereocenters. The van der Waals surface area contributed by atoms with Gasteiger partial charge in [-0.25, -0.2) is 9.37 Å². The van der Waals surface area contributed by atoms with Crippen molar-refractivity contribution in [2.45, 2.75) is 13.3 Å². The molecule has 4 aromatic rings. The molecule has 0 fully saturated rings. The number of fused-ring (bicyclic) bond motifs is 1. The van der Waals surface area contributed by atoms with Crippen LogP contribution in [0.25, 0.3) is 16.8 Å². The molecule has 0 aliphatic heterocycles. The second kappa shape index (κ2) is 6.35.